The fourth-order valence-corrected chi connectivity index (χ4v) is 13.3. The Balaban J connectivity index is 0.000000141. The Bertz CT molecular complexity index is 5180. The van der Waals surface area contributed by atoms with Crippen LogP contribution in [0.5, 0.6) is 0 Å². The number of aromatic nitrogens is 8. The van der Waals surface area contributed by atoms with Gasteiger partial charge < -0.3 is 42.0 Å². The third kappa shape index (κ3) is 15.0. The van der Waals surface area contributed by atoms with Crippen LogP contribution in [-0.2, 0) is 32.4 Å². The summed E-state index contributed by atoms with van der Waals surface area (Å²) in [7, 11) is 0. The second-order valence-electron chi connectivity index (χ2n) is 25.8. The van der Waals surface area contributed by atoms with E-state index in [1.165, 1.54) is 38.9 Å². The predicted molar refractivity (Wildman–Crippen MR) is 389 cm³/mol. The van der Waals surface area contributed by atoms with Gasteiger partial charge in [-0.1, -0.05) is 204 Å². The zero-order valence-corrected chi connectivity index (χ0v) is 56.6. The number of pyridine rings is 1. The van der Waals surface area contributed by atoms with Gasteiger partial charge >= 0.3 is 0 Å². The molecule has 0 bridgehead atoms. The number of oxazole rings is 1. The number of imidazole rings is 3. The minimum atomic E-state index is -0.245. The Morgan fingerprint density at radius 2 is 0.816 bits per heavy atom. The number of benzene rings is 9. The maximum Gasteiger partial charge on any atom is 0.215 e. The van der Waals surface area contributed by atoms with Crippen LogP contribution in [0.25, 0.3) is 44.2 Å². The van der Waals surface area contributed by atoms with Gasteiger partial charge in [0.05, 0.1) is 71.0 Å². The van der Waals surface area contributed by atoms with Crippen molar-refractivity contribution in [2.45, 2.75) is 111 Å². The van der Waals surface area contributed by atoms with E-state index in [1.54, 1.807) is 12.3 Å². The number of carbonyl (C=O) groups excluding carboxylic acids is 1. The first kappa shape index (κ1) is 67.0. The summed E-state index contributed by atoms with van der Waals surface area (Å²) >= 11 is 0. The molecule has 9 aromatic carbocycles. The van der Waals surface area contributed by atoms with Crippen LogP contribution in [0.3, 0.4) is 0 Å². The van der Waals surface area contributed by atoms with Crippen molar-refractivity contribution in [1.29, 1.82) is 16.2 Å². The lowest BCUT2D eigenvalue weighted by molar-refractivity contribution is 0.0969. The molecule has 496 valence electrons. The van der Waals surface area contributed by atoms with E-state index in [0.29, 0.717) is 67.2 Å². The molecule has 0 aliphatic carbocycles. The molecule has 0 amide bonds. The van der Waals surface area contributed by atoms with Gasteiger partial charge in [-0.3, -0.25) is 26.0 Å². The molecule has 0 fully saturated rings. The van der Waals surface area contributed by atoms with Crippen molar-refractivity contribution in [2.75, 3.05) is 13.2 Å². The van der Waals surface area contributed by atoms with Crippen LogP contribution in [0.15, 0.2) is 247 Å². The smallest absolute Gasteiger partial charge is 0.215 e. The molecule has 5 N–H and O–H groups in total. The summed E-state index contributed by atoms with van der Waals surface area (Å²) in [6.07, 6.45) is 4.72. The van der Waals surface area contributed by atoms with Crippen molar-refractivity contribution < 1.29 is 19.4 Å². The predicted octanol–water partition coefficient (Wildman–Crippen LogP) is 15.6. The summed E-state index contributed by atoms with van der Waals surface area (Å²) in [5.74, 6) is 0.590. The number of carbonyl (C=O) groups is 1. The first-order chi connectivity index (χ1) is 47.6. The van der Waals surface area contributed by atoms with Crippen LogP contribution >= 0.6 is 0 Å². The number of rotatable bonds is 21. The van der Waals surface area contributed by atoms with Crippen molar-refractivity contribution in [2.24, 2.45) is 0 Å². The van der Waals surface area contributed by atoms with E-state index < -0.39 is 0 Å². The lowest BCUT2D eigenvalue weighted by Crippen LogP contribution is -2.32. The Hall–Kier alpha value is -11.0. The Morgan fingerprint density at radius 3 is 1.29 bits per heavy atom. The van der Waals surface area contributed by atoms with Crippen LogP contribution in [0.4, 0.5) is 0 Å². The van der Waals surface area contributed by atoms with Crippen LogP contribution in [0.2, 0.25) is 0 Å². The highest BCUT2D eigenvalue weighted by Crippen LogP contribution is 2.30. The molecule has 14 aromatic rings. The summed E-state index contributed by atoms with van der Waals surface area (Å²) in [4.78, 5) is 21.8. The molecule has 5 heterocycles. The van der Waals surface area contributed by atoms with Crippen molar-refractivity contribution >= 4 is 50.0 Å². The van der Waals surface area contributed by atoms with E-state index in [2.05, 4.69) is 205 Å². The SMILES string of the molecule is Cc1ccc(CC(CCC(=O)c2ccccn2)n2c(=N)n(Cc3ccc(C)cc3)c3ccccc32)cc1.Cc1ccc(CC(CO)n2c(=N)n(C(C)c3ccc(C)cc3)c3ccccc32)cc1.Cc1ccc(CC(CO)n2c(=N)n(Cc3nc4ccccc4o3)c3ccccc32)cc1. The number of para-hydroxylation sites is 8. The fraction of sp³-hybridized carbons (Fsp3) is 0.229. The maximum atomic E-state index is 13.0. The summed E-state index contributed by atoms with van der Waals surface area (Å²) in [5, 5.41) is 47.7. The molecule has 0 spiro atoms. The molecule has 0 radical (unpaired) electrons. The van der Waals surface area contributed by atoms with E-state index >= 15 is 0 Å². The van der Waals surface area contributed by atoms with Crippen LogP contribution in [0.1, 0.15) is 116 Å². The first-order valence-corrected chi connectivity index (χ1v) is 33.7. The van der Waals surface area contributed by atoms with Crippen molar-refractivity contribution in [3.63, 3.8) is 0 Å². The largest absolute Gasteiger partial charge is 0.439 e. The third-order valence-corrected chi connectivity index (χ3v) is 18.7. The number of Topliss-reactive ketones (excluding diaryl/α,β-unsaturated/α-hetero) is 1. The average molecular weight is 1300 g/mol. The van der Waals surface area contributed by atoms with Crippen LogP contribution in [0, 0.1) is 50.8 Å². The molecule has 98 heavy (non-hydrogen) atoms. The highest BCUT2D eigenvalue weighted by molar-refractivity contribution is 5.94. The molecule has 0 saturated carbocycles. The average Bonchev–Trinajstić information content (AvgIpc) is 1.64. The Kier molecular flexibility index (Phi) is 20.8. The van der Waals surface area contributed by atoms with E-state index in [1.807, 2.05) is 105 Å². The zero-order chi connectivity index (χ0) is 68.4. The number of nitrogens with zero attached hydrogens (tertiary/aromatic N) is 8. The normalized spacial score (nSPS) is 12.7. The summed E-state index contributed by atoms with van der Waals surface area (Å²) in [5.41, 5.74) is 21.0. The van der Waals surface area contributed by atoms with Crippen LogP contribution < -0.4 is 16.9 Å². The molecule has 15 nitrogen and oxygen atoms in total. The van der Waals surface area contributed by atoms with Gasteiger partial charge in [-0.15, -0.1) is 0 Å². The number of nitrogens with one attached hydrogen (secondary N) is 3. The number of hydrogen-bond donors (Lipinski definition) is 5. The molecular weight excluding hydrogens is 1210 g/mol. The van der Waals surface area contributed by atoms with Crippen molar-refractivity contribution in [1.82, 2.24) is 37.4 Å². The summed E-state index contributed by atoms with van der Waals surface area (Å²) in [6, 6.07) is 79.1. The van der Waals surface area contributed by atoms with Gasteiger partial charge in [0.2, 0.25) is 22.7 Å². The number of aliphatic hydroxyl groups is 2. The van der Waals surface area contributed by atoms with Gasteiger partial charge in [0.15, 0.2) is 11.4 Å². The molecule has 4 atom stereocenters. The zero-order valence-electron chi connectivity index (χ0n) is 56.6. The molecule has 14 rings (SSSR count). The number of hydrogen-bond acceptors (Lipinski definition) is 9. The molecule has 15 heteroatoms. The number of fused-ring (bicyclic) bond motifs is 4. The summed E-state index contributed by atoms with van der Waals surface area (Å²) in [6.45, 7) is 13.4. The van der Waals surface area contributed by atoms with Crippen molar-refractivity contribution in [3.05, 3.63) is 327 Å². The first-order valence-electron chi connectivity index (χ1n) is 33.7. The molecule has 5 aromatic heterocycles. The molecule has 4 unspecified atom stereocenters. The molecule has 0 aliphatic rings. The van der Waals surface area contributed by atoms with Crippen molar-refractivity contribution in [3.8, 4) is 0 Å². The third-order valence-electron chi connectivity index (χ3n) is 18.7. The van der Waals surface area contributed by atoms with E-state index in [4.69, 9.17) is 15.2 Å². The van der Waals surface area contributed by atoms with E-state index in [0.717, 1.165) is 67.3 Å². The lowest BCUT2D eigenvalue weighted by atomic mass is 9.98. The van der Waals surface area contributed by atoms with Gasteiger partial charge in [0.25, 0.3) is 0 Å². The second-order valence-corrected chi connectivity index (χ2v) is 25.8. The highest BCUT2D eigenvalue weighted by atomic mass is 16.3. The topological polar surface area (TPSA) is 198 Å². The molecule has 0 saturated heterocycles. The van der Waals surface area contributed by atoms with Gasteiger partial charge in [-0.05, 0) is 156 Å². The second kappa shape index (κ2) is 30.4. The van der Waals surface area contributed by atoms with Gasteiger partial charge in [-0.2, -0.15) is 0 Å². The number of aliphatic hydroxyl groups excluding tert-OH is 2. The fourth-order valence-electron chi connectivity index (χ4n) is 13.3. The highest BCUT2D eigenvalue weighted by Gasteiger charge is 2.25. The van der Waals surface area contributed by atoms with Crippen LogP contribution in [-0.4, -0.2) is 66.6 Å². The Labute approximate surface area is 571 Å². The minimum absolute atomic E-state index is 0.0165. The molecule has 0 aliphatic heterocycles. The van der Waals surface area contributed by atoms with Gasteiger partial charge in [0.1, 0.15) is 17.8 Å². The molecular formula is C83H85N11O4. The Morgan fingerprint density at radius 1 is 0.429 bits per heavy atom. The van der Waals surface area contributed by atoms with E-state index in [-0.39, 0.29) is 43.2 Å². The van der Waals surface area contributed by atoms with Gasteiger partial charge in [0, 0.05) is 18.7 Å². The standard InChI is InChI=1S/C32H32N4O.C26H29N3O.C25H24N4O2/c1-23-10-14-25(15-11-23)21-27(18-19-31(37)28-7-5-6-20-34-28)36-30-9-4-3-8-29(30)35(32(36)33)22-26-16-12-24(2)13-17-26;1-18-8-12-21(13-9-18)16-23(17-30)29-25-7-5-4-6-24(25)28(26(29)27)20(3)22-14-10-19(2)11-15-22;1-17-10-12-18(13-11-17)14-19(16-30)29-22-8-4-3-7-21(22)28(25(29)26)15-24-27-20-6-2-5-9-23(20)31-24/h3-17,20,27,33H,18-19,21-22H2,1-2H3;4-15,20,23,27,30H,16-17H2,1-3H3;2-13,19,26,30H,14-16H2,1H3. The quantitative estimate of drug-likeness (QED) is 0.0444. The van der Waals surface area contributed by atoms with E-state index in [9.17, 15) is 20.4 Å². The number of ketones is 1. The maximum absolute atomic E-state index is 13.0. The van der Waals surface area contributed by atoms with Gasteiger partial charge in [-0.25, -0.2) is 4.98 Å². The summed E-state index contributed by atoms with van der Waals surface area (Å²) < 4.78 is 18.0. The lowest BCUT2D eigenvalue weighted by Gasteiger charge is -2.20. The minimum Gasteiger partial charge on any atom is -0.439 e. The monoisotopic (exact) mass is 1300 g/mol. The number of aryl methyl sites for hydroxylation is 5.